The number of carboxylic acid groups (broad SMARTS) is 1. The Balaban J connectivity index is 1.69. The minimum absolute atomic E-state index is 0.0729. The number of aromatic nitrogens is 3. The van der Waals surface area contributed by atoms with Crippen molar-refractivity contribution in [3.05, 3.63) is 82.9 Å². The first-order chi connectivity index (χ1) is 18.4. The first-order valence-electron chi connectivity index (χ1n) is 12.0. The number of ketones is 1. The highest BCUT2D eigenvalue weighted by atomic mass is 19.4. The van der Waals surface area contributed by atoms with Gasteiger partial charge in [-0.25, -0.2) is 8.78 Å². The molecule has 2 aromatic heterocycles. The third kappa shape index (κ3) is 6.47. The molecule has 0 spiro atoms. The molecular formula is C26H23F5N4O4. The van der Waals surface area contributed by atoms with Crippen LogP contribution >= 0.6 is 0 Å². The number of benzene rings is 1. The molecule has 8 nitrogen and oxygen atoms in total. The predicted molar refractivity (Wildman–Crippen MR) is 126 cm³/mol. The number of Topliss-reactive ketones (excluding diaryl/α,β-unsaturated/α-hetero) is 1. The number of rotatable bonds is 8. The fraction of sp³-hybridized carbons (Fsp3) is 0.346. The first kappa shape index (κ1) is 27.9. The number of alkyl halides is 3. The molecule has 0 radical (unpaired) electrons. The number of nitrogens with zero attached hydrogens (tertiary/aromatic N) is 4. The van der Waals surface area contributed by atoms with Gasteiger partial charge < -0.3 is 10.0 Å². The zero-order valence-electron chi connectivity index (χ0n) is 20.4. The summed E-state index contributed by atoms with van der Waals surface area (Å²) in [7, 11) is 0. The van der Waals surface area contributed by atoms with Crippen LogP contribution in [0.25, 0.3) is 0 Å². The van der Waals surface area contributed by atoms with E-state index in [2.05, 4.69) is 10.1 Å². The molecule has 0 atom stereocenters. The third-order valence-electron chi connectivity index (χ3n) is 6.61. The van der Waals surface area contributed by atoms with Gasteiger partial charge in [0.1, 0.15) is 11.6 Å². The lowest BCUT2D eigenvalue weighted by Gasteiger charge is -2.28. The lowest BCUT2D eigenvalue weighted by atomic mass is 9.86. The van der Waals surface area contributed by atoms with Crippen molar-refractivity contribution < 1.29 is 41.4 Å². The Labute approximate surface area is 219 Å². The Morgan fingerprint density at radius 3 is 2.18 bits per heavy atom. The van der Waals surface area contributed by atoms with Crippen molar-refractivity contribution in [2.24, 2.45) is 5.92 Å². The molecule has 4 rings (SSSR count). The van der Waals surface area contributed by atoms with E-state index in [4.69, 9.17) is 0 Å². The maximum absolute atomic E-state index is 14.3. The monoisotopic (exact) mass is 550 g/mol. The van der Waals surface area contributed by atoms with Gasteiger partial charge in [0, 0.05) is 30.6 Å². The molecule has 3 aromatic rings. The standard InChI is InChI=1S/C26H23F5N4O4/c27-18-9-15(10-19(28)11-18)13-34(14-22(36)16-5-7-32-8-6-16)24(37)21-12-33-35(23(21)26(29,30)31)20-3-1-17(2-4-20)25(38)39/h5-12,17,20H,1-4,13-14H2,(H,38,39). The zero-order valence-corrected chi connectivity index (χ0v) is 20.4. The van der Waals surface area contributed by atoms with Gasteiger partial charge >= 0.3 is 12.1 Å². The van der Waals surface area contributed by atoms with Gasteiger partial charge in [-0.05, 0) is 55.5 Å². The Kier molecular flexibility index (Phi) is 8.07. The summed E-state index contributed by atoms with van der Waals surface area (Å²) in [6.45, 7) is -1.25. The second-order valence-corrected chi connectivity index (χ2v) is 9.29. The summed E-state index contributed by atoms with van der Waals surface area (Å²) in [4.78, 5) is 42.2. The highest BCUT2D eigenvalue weighted by Gasteiger charge is 2.43. The van der Waals surface area contributed by atoms with Crippen molar-refractivity contribution in [1.82, 2.24) is 19.7 Å². The lowest BCUT2D eigenvalue weighted by molar-refractivity contribution is -0.147. The number of halogens is 5. The van der Waals surface area contributed by atoms with Crippen LogP contribution in [0.5, 0.6) is 0 Å². The predicted octanol–water partition coefficient (Wildman–Crippen LogP) is 4.92. The lowest BCUT2D eigenvalue weighted by Crippen LogP contribution is -2.36. The van der Waals surface area contributed by atoms with Crippen molar-refractivity contribution in [2.45, 2.75) is 44.4 Å². The number of pyridine rings is 1. The molecule has 1 fully saturated rings. The number of amides is 1. The Hall–Kier alpha value is -4.16. The van der Waals surface area contributed by atoms with E-state index >= 15 is 0 Å². The zero-order chi connectivity index (χ0) is 28.3. The van der Waals surface area contributed by atoms with Crippen LogP contribution in [-0.4, -0.2) is 49.0 Å². The summed E-state index contributed by atoms with van der Waals surface area (Å²) in [5.41, 5.74) is -2.10. The van der Waals surface area contributed by atoms with E-state index in [0.29, 0.717) is 10.7 Å². The molecule has 1 aromatic carbocycles. The summed E-state index contributed by atoms with van der Waals surface area (Å²) in [5, 5.41) is 13.0. The summed E-state index contributed by atoms with van der Waals surface area (Å²) in [5.74, 6) is -5.45. The fourth-order valence-electron chi connectivity index (χ4n) is 4.74. The molecule has 1 aliphatic rings. The molecule has 0 aliphatic heterocycles. The Morgan fingerprint density at radius 1 is 1.00 bits per heavy atom. The van der Waals surface area contributed by atoms with E-state index in [-0.39, 0.29) is 36.8 Å². The number of aliphatic carboxylic acids is 1. The summed E-state index contributed by atoms with van der Waals surface area (Å²) in [6, 6.07) is 4.36. The maximum atomic E-state index is 14.3. The average molecular weight is 550 g/mol. The SMILES string of the molecule is O=C(CN(Cc1cc(F)cc(F)c1)C(=O)c1cnn(C2CCC(C(=O)O)CC2)c1C(F)(F)F)c1ccncc1. The minimum Gasteiger partial charge on any atom is -0.481 e. The van der Waals surface area contributed by atoms with E-state index in [1.54, 1.807) is 0 Å². The minimum atomic E-state index is -5.02. The van der Waals surface area contributed by atoms with Crippen LogP contribution in [-0.2, 0) is 17.5 Å². The molecule has 0 unspecified atom stereocenters. The molecule has 1 amide bonds. The molecule has 0 bridgehead atoms. The Morgan fingerprint density at radius 2 is 1.62 bits per heavy atom. The number of hydrogen-bond acceptors (Lipinski definition) is 5. The highest BCUT2D eigenvalue weighted by molar-refractivity contribution is 6.02. The normalized spacial score (nSPS) is 17.6. The van der Waals surface area contributed by atoms with Gasteiger partial charge in [0.05, 0.1) is 30.3 Å². The van der Waals surface area contributed by atoms with E-state index in [0.717, 1.165) is 23.2 Å². The molecular weight excluding hydrogens is 527 g/mol. The van der Waals surface area contributed by atoms with Crippen molar-refractivity contribution in [2.75, 3.05) is 6.54 Å². The van der Waals surface area contributed by atoms with Gasteiger partial charge in [-0.3, -0.25) is 24.0 Å². The smallest absolute Gasteiger partial charge is 0.433 e. The van der Waals surface area contributed by atoms with Crippen LogP contribution in [0, 0.1) is 17.6 Å². The average Bonchev–Trinajstić information content (AvgIpc) is 3.34. The van der Waals surface area contributed by atoms with Gasteiger partial charge in [-0.1, -0.05) is 0 Å². The number of carbonyl (C=O) groups excluding carboxylic acids is 2. The van der Waals surface area contributed by atoms with Crippen LogP contribution in [0.2, 0.25) is 0 Å². The van der Waals surface area contributed by atoms with Gasteiger partial charge in [-0.2, -0.15) is 18.3 Å². The first-order valence-corrected chi connectivity index (χ1v) is 12.0. The van der Waals surface area contributed by atoms with Crippen molar-refractivity contribution in [1.29, 1.82) is 0 Å². The largest absolute Gasteiger partial charge is 0.481 e. The molecule has 2 heterocycles. The van der Waals surface area contributed by atoms with Crippen molar-refractivity contribution in [3.8, 4) is 0 Å². The second kappa shape index (κ2) is 11.3. The van der Waals surface area contributed by atoms with Crippen LogP contribution in [0.1, 0.15) is 63.7 Å². The molecule has 1 N–H and O–H groups in total. The van der Waals surface area contributed by atoms with Crippen LogP contribution in [0.4, 0.5) is 22.0 Å². The summed E-state index contributed by atoms with van der Waals surface area (Å²) in [6.07, 6.45) is -1.08. The second-order valence-electron chi connectivity index (χ2n) is 9.29. The van der Waals surface area contributed by atoms with E-state index < -0.39 is 71.8 Å². The van der Waals surface area contributed by atoms with E-state index in [9.17, 15) is 41.4 Å². The summed E-state index contributed by atoms with van der Waals surface area (Å²) < 4.78 is 71.2. The molecule has 0 saturated heterocycles. The quantitative estimate of drug-likeness (QED) is 0.316. The van der Waals surface area contributed by atoms with Crippen molar-refractivity contribution in [3.63, 3.8) is 0 Å². The Bertz CT molecular complexity index is 1350. The van der Waals surface area contributed by atoms with Crippen molar-refractivity contribution >= 4 is 17.7 Å². The third-order valence-corrected chi connectivity index (χ3v) is 6.61. The molecule has 1 aliphatic carbocycles. The van der Waals surface area contributed by atoms with E-state index in [1.807, 2.05) is 0 Å². The fourth-order valence-corrected chi connectivity index (χ4v) is 4.74. The van der Waals surface area contributed by atoms with Gasteiger partial charge in [0.15, 0.2) is 11.5 Å². The molecule has 1 saturated carbocycles. The topological polar surface area (TPSA) is 105 Å². The number of hydrogen-bond donors (Lipinski definition) is 1. The highest BCUT2D eigenvalue weighted by Crippen LogP contribution is 2.39. The molecule has 13 heteroatoms. The number of carbonyl (C=O) groups is 3. The molecule has 39 heavy (non-hydrogen) atoms. The van der Waals surface area contributed by atoms with E-state index in [1.165, 1.54) is 24.5 Å². The summed E-state index contributed by atoms with van der Waals surface area (Å²) >= 11 is 0. The van der Waals surface area contributed by atoms with Gasteiger partial charge in [-0.15, -0.1) is 0 Å². The van der Waals surface area contributed by atoms with Crippen LogP contribution in [0.3, 0.4) is 0 Å². The van der Waals surface area contributed by atoms with Gasteiger partial charge in [0.2, 0.25) is 0 Å². The number of carboxylic acids is 1. The van der Waals surface area contributed by atoms with Crippen LogP contribution < -0.4 is 0 Å². The van der Waals surface area contributed by atoms with Crippen LogP contribution in [0.15, 0.2) is 48.9 Å². The molecule has 206 valence electrons. The van der Waals surface area contributed by atoms with Gasteiger partial charge in [0.25, 0.3) is 5.91 Å². The maximum Gasteiger partial charge on any atom is 0.433 e.